The van der Waals surface area contributed by atoms with Crippen LogP contribution in [-0.2, 0) is 7.05 Å². The standard InChI is InChI=1S/C17H23F3N6O/c1-10(2)8-24(3)16(27)13-6-15-22-12(11-7-21-25(4)9-11)5-14(17(18,19)20)26(15)23-13/h6-7,9-10,12,14,22H,5,8H2,1-4H3/t12-,14+/m0/s1. The fourth-order valence-corrected chi connectivity index (χ4v) is 3.34. The molecule has 1 amide bonds. The normalized spacial score (nSPS) is 19.7. The van der Waals surface area contributed by atoms with Gasteiger partial charge in [0.15, 0.2) is 11.7 Å². The van der Waals surface area contributed by atoms with Crippen LogP contribution in [0.2, 0.25) is 0 Å². The third kappa shape index (κ3) is 3.93. The van der Waals surface area contributed by atoms with Crippen LogP contribution in [0.5, 0.6) is 0 Å². The summed E-state index contributed by atoms with van der Waals surface area (Å²) in [5.74, 6) is 0.0252. The van der Waals surface area contributed by atoms with Crippen molar-refractivity contribution in [3.8, 4) is 0 Å². The van der Waals surface area contributed by atoms with Crippen molar-refractivity contribution in [2.24, 2.45) is 13.0 Å². The minimum Gasteiger partial charge on any atom is -0.363 e. The van der Waals surface area contributed by atoms with Gasteiger partial charge in [-0.1, -0.05) is 13.8 Å². The van der Waals surface area contributed by atoms with Crippen LogP contribution in [-0.4, -0.2) is 50.1 Å². The highest BCUT2D eigenvalue weighted by molar-refractivity contribution is 5.93. The van der Waals surface area contributed by atoms with Crippen molar-refractivity contribution in [2.45, 2.75) is 38.5 Å². The summed E-state index contributed by atoms with van der Waals surface area (Å²) in [6.45, 7) is 4.42. The molecule has 148 valence electrons. The van der Waals surface area contributed by atoms with Gasteiger partial charge in [0.1, 0.15) is 5.82 Å². The Bertz CT molecular complexity index is 825. The number of carbonyl (C=O) groups is 1. The molecule has 1 N–H and O–H groups in total. The van der Waals surface area contributed by atoms with E-state index < -0.39 is 24.2 Å². The Morgan fingerprint density at radius 3 is 2.70 bits per heavy atom. The number of anilines is 1. The van der Waals surface area contributed by atoms with E-state index in [1.54, 1.807) is 31.2 Å². The van der Waals surface area contributed by atoms with Gasteiger partial charge in [0.25, 0.3) is 5.91 Å². The molecule has 3 rings (SSSR count). The highest BCUT2D eigenvalue weighted by Crippen LogP contribution is 2.43. The van der Waals surface area contributed by atoms with Crippen molar-refractivity contribution in [2.75, 3.05) is 18.9 Å². The molecule has 0 aromatic carbocycles. The first-order valence-electron chi connectivity index (χ1n) is 8.73. The first-order chi connectivity index (χ1) is 12.6. The first-order valence-corrected chi connectivity index (χ1v) is 8.73. The van der Waals surface area contributed by atoms with Gasteiger partial charge in [-0.25, -0.2) is 4.68 Å². The molecule has 0 aliphatic carbocycles. The Hall–Kier alpha value is -2.52. The maximum absolute atomic E-state index is 13.7. The molecule has 27 heavy (non-hydrogen) atoms. The number of rotatable bonds is 4. The molecular weight excluding hydrogens is 361 g/mol. The van der Waals surface area contributed by atoms with Crippen molar-refractivity contribution in [3.63, 3.8) is 0 Å². The van der Waals surface area contributed by atoms with E-state index in [2.05, 4.69) is 15.5 Å². The van der Waals surface area contributed by atoms with Gasteiger partial charge < -0.3 is 10.2 Å². The van der Waals surface area contributed by atoms with Crippen molar-refractivity contribution in [1.29, 1.82) is 0 Å². The Labute approximate surface area is 155 Å². The number of hydrogen-bond acceptors (Lipinski definition) is 4. The van der Waals surface area contributed by atoms with Crippen LogP contribution >= 0.6 is 0 Å². The maximum atomic E-state index is 13.7. The van der Waals surface area contributed by atoms with Gasteiger partial charge in [-0.15, -0.1) is 0 Å². The summed E-state index contributed by atoms with van der Waals surface area (Å²) in [5, 5.41) is 11.1. The Morgan fingerprint density at radius 1 is 1.44 bits per heavy atom. The van der Waals surface area contributed by atoms with Crippen LogP contribution in [0.3, 0.4) is 0 Å². The zero-order chi connectivity index (χ0) is 19.9. The molecule has 0 bridgehead atoms. The molecule has 2 aromatic rings. The van der Waals surface area contributed by atoms with E-state index in [1.165, 1.54) is 11.0 Å². The zero-order valence-corrected chi connectivity index (χ0v) is 15.7. The number of nitrogens with one attached hydrogen (secondary N) is 1. The van der Waals surface area contributed by atoms with Crippen LogP contribution < -0.4 is 5.32 Å². The minimum absolute atomic E-state index is 0.00161. The highest BCUT2D eigenvalue weighted by atomic mass is 19.4. The van der Waals surface area contributed by atoms with E-state index in [4.69, 9.17) is 0 Å². The molecule has 10 heteroatoms. The third-order valence-corrected chi connectivity index (χ3v) is 4.52. The van der Waals surface area contributed by atoms with E-state index in [9.17, 15) is 18.0 Å². The predicted octanol–water partition coefficient (Wildman–Crippen LogP) is 3.00. The lowest BCUT2D eigenvalue weighted by Gasteiger charge is -2.32. The summed E-state index contributed by atoms with van der Waals surface area (Å²) >= 11 is 0. The van der Waals surface area contributed by atoms with Crippen LogP contribution in [0.1, 0.15) is 48.4 Å². The van der Waals surface area contributed by atoms with Gasteiger partial charge in [-0.05, 0) is 5.92 Å². The summed E-state index contributed by atoms with van der Waals surface area (Å²) in [5.41, 5.74) is 0.658. The number of carbonyl (C=O) groups excluding carboxylic acids is 1. The fourth-order valence-electron chi connectivity index (χ4n) is 3.34. The monoisotopic (exact) mass is 384 g/mol. The van der Waals surface area contributed by atoms with Crippen LogP contribution in [0.25, 0.3) is 0 Å². The SMILES string of the molecule is CC(C)CN(C)C(=O)c1cc2n(n1)[C@@H](C(F)(F)F)C[C@@H](c1cnn(C)c1)N2. The number of alkyl halides is 3. The molecule has 0 unspecified atom stereocenters. The molecule has 3 heterocycles. The van der Waals surface area contributed by atoms with Gasteiger partial charge in [0.2, 0.25) is 0 Å². The van der Waals surface area contributed by atoms with E-state index >= 15 is 0 Å². The maximum Gasteiger partial charge on any atom is 0.410 e. The molecule has 7 nitrogen and oxygen atoms in total. The van der Waals surface area contributed by atoms with E-state index in [-0.39, 0.29) is 23.9 Å². The number of aromatic nitrogens is 4. The molecule has 0 saturated carbocycles. The van der Waals surface area contributed by atoms with Crippen molar-refractivity contribution in [3.05, 3.63) is 29.7 Å². The molecule has 1 aliphatic heterocycles. The first kappa shape index (κ1) is 19.2. The minimum atomic E-state index is -4.48. The predicted molar refractivity (Wildman–Crippen MR) is 93.3 cm³/mol. The second-order valence-corrected chi connectivity index (χ2v) is 7.38. The lowest BCUT2D eigenvalue weighted by Crippen LogP contribution is -2.36. The quantitative estimate of drug-likeness (QED) is 0.880. The smallest absolute Gasteiger partial charge is 0.363 e. The molecule has 2 aromatic heterocycles. The number of hydrogen-bond donors (Lipinski definition) is 1. The van der Waals surface area contributed by atoms with Gasteiger partial charge >= 0.3 is 6.18 Å². The molecule has 2 atom stereocenters. The van der Waals surface area contributed by atoms with Gasteiger partial charge in [-0.3, -0.25) is 9.48 Å². The van der Waals surface area contributed by atoms with Gasteiger partial charge in [0.05, 0.1) is 12.2 Å². The lowest BCUT2D eigenvalue weighted by molar-refractivity contribution is -0.173. The largest absolute Gasteiger partial charge is 0.410 e. The highest BCUT2D eigenvalue weighted by Gasteiger charge is 2.47. The number of aryl methyl sites for hydroxylation is 1. The number of amides is 1. The molecule has 0 fully saturated rings. The van der Waals surface area contributed by atoms with E-state index in [0.29, 0.717) is 12.1 Å². The van der Waals surface area contributed by atoms with Gasteiger partial charge in [0, 0.05) is 44.9 Å². The summed E-state index contributed by atoms with van der Waals surface area (Å²) in [6, 6.07) is -0.984. The van der Waals surface area contributed by atoms with Crippen molar-refractivity contribution >= 4 is 11.7 Å². The number of fused-ring (bicyclic) bond motifs is 1. The molecule has 0 saturated heterocycles. The third-order valence-electron chi connectivity index (χ3n) is 4.52. The summed E-state index contributed by atoms with van der Waals surface area (Å²) < 4.78 is 43.4. The topological polar surface area (TPSA) is 68.0 Å². The molecule has 0 spiro atoms. The Morgan fingerprint density at radius 2 is 2.15 bits per heavy atom. The van der Waals surface area contributed by atoms with Crippen LogP contribution in [0.4, 0.5) is 19.0 Å². The van der Waals surface area contributed by atoms with Gasteiger partial charge in [-0.2, -0.15) is 23.4 Å². The zero-order valence-electron chi connectivity index (χ0n) is 15.7. The number of halogens is 3. The summed E-state index contributed by atoms with van der Waals surface area (Å²) in [4.78, 5) is 14.0. The fraction of sp³-hybridized carbons (Fsp3) is 0.588. The van der Waals surface area contributed by atoms with E-state index in [0.717, 1.165) is 4.68 Å². The van der Waals surface area contributed by atoms with Crippen molar-refractivity contribution in [1.82, 2.24) is 24.5 Å². The number of nitrogens with zero attached hydrogens (tertiary/aromatic N) is 5. The summed E-state index contributed by atoms with van der Waals surface area (Å²) in [7, 11) is 3.33. The second-order valence-electron chi connectivity index (χ2n) is 7.38. The molecular formula is C17H23F3N6O. The van der Waals surface area contributed by atoms with E-state index in [1.807, 2.05) is 13.8 Å². The average molecular weight is 384 g/mol. The van der Waals surface area contributed by atoms with Crippen molar-refractivity contribution < 1.29 is 18.0 Å². The Balaban J connectivity index is 1.93. The molecule has 1 aliphatic rings. The lowest BCUT2D eigenvalue weighted by atomic mass is 9.99. The van der Waals surface area contributed by atoms with Crippen LogP contribution in [0.15, 0.2) is 18.5 Å². The average Bonchev–Trinajstić information content (AvgIpc) is 3.17. The summed E-state index contributed by atoms with van der Waals surface area (Å²) in [6.07, 6.45) is -1.48. The van der Waals surface area contributed by atoms with Crippen LogP contribution in [0, 0.1) is 5.92 Å². The molecule has 0 radical (unpaired) electrons. The second kappa shape index (κ2) is 6.90. The Kier molecular flexibility index (Phi) is 4.92.